The summed E-state index contributed by atoms with van der Waals surface area (Å²) < 4.78 is 83.0. The SMILES string of the molecule is CCOC(=O)C[C@H](NCl)c1cc(C(F)(F)F)cc(C(C)(O)C(F)(F)F)c1. The quantitative estimate of drug-likeness (QED) is 0.421. The maximum absolute atomic E-state index is 13.1. The molecule has 0 fully saturated rings. The van der Waals surface area contributed by atoms with Crippen LogP contribution in [0.3, 0.4) is 0 Å². The number of hydrogen-bond donors (Lipinski definition) is 2. The van der Waals surface area contributed by atoms with E-state index < -0.39 is 47.5 Å². The molecule has 11 heteroatoms. The molecule has 0 saturated carbocycles. The Morgan fingerprint density at radius 2 is 1.73 bits per heavy atom. The van der Waals surface area contributed by atoms with Crippen LogP contribution in [-0.4, -0.2) is 23.9 Å². The number of carbonyl (C=O) groups is 1. The fraction of sp³-hybridized carbons (Fsp3) is 0.533. The van der Waals surface area contributed by atoms with Gasteiger partial charge in [0.15, 0.2) is 5.60 Å². The molecule has 26 heavy (non-hydrogen) atoms. The van der Waals surface area contributed by atoms with Gasteiger partial charge in [0.05, 0.1) is 24.6 Å². The van der Waals surface area contributed by atoms with Gasteiger partial charge in [-0.05, 0) is 48.9 Å². The zero-order valence-electron chi connectivity index (χ0n) is 13.6. The van der Waals surface area contributed by atoms with E-state index in [9.17, 15) is 36.2 Å². The van der Waals surface area contributed by atoms with Crippen LogP contribution in [0.2, 0.25) is 0 Å². The highest BCUT2D eigenvalue weighted by Crippen LogP contribution is 2.42. The van der Waals surface area contributed by atoms with E-state index in [1.54, 1.807) is 0 Å². The lowest BCUT2D eigenvalue weighted by molar-refractivity contribution is -0.259. The lowest BCUT2D eigenvalue weighted by Crippen LogP contribution is -2.39. The molecule has 2 N–H and O–H groups in total. The Labute approximate surface area is 150 Å². The lowest BCUT2D eigenvalue weighted by Gasteiger charge is -2.28. The van der Waals surface area contributed by atoms with Crippen LogP contribution in [0.25, 0.3) is 0 Å². The van der Waals surface area contributed by atoms with Gasteiger partial charge in [-0.15, -0.1) is 0 Å². The number of alkyl halides is 6. The molecule has 0 aliphatic carbocycles. The molecular weight excluding hydrogens is 392 g/mol. The summed E-state index contributed by atoms with van der Waals surface area (Å²) in [6, 6.07) is 0.199. The van der Waals surface area contributed by atoms with Crippen LogP contribution in [0, 0.1) is 0 Å². The largest absolute Gasteiger partial charge is 0.466 e. The van der Waals surface area contributed by atoms with Crippen LogP contribution in [0.5, 0.6) is 0 Å². The Morgan fingerprint density at radius 3 is 2.15 bits per heavy atom. The molecule has 0 aliphatic rings. The summed E-state index contributed by atoms with van der Waals surface area (Å²) >= 11 is 5.45. The third-order valence-corrected chi connectivity index (χ3v) is 3.87. The number of aliphatic hydroxyl groups is 1. The Balaban J connectivity index is 3.48. The monoisotopic (exact) mass is 407 g/mol. The minimum Gasteiger partial charge on any atom is -0.466 e. The maximum Gasteiger partial charge on any atom is 0.421 e. The number of esters is 1. The Hall–Kier alpha value is -1.52. The van der Waals surface area contributed by atoms with E-state index in [0.717, 1.165) is 0 Å². The molecule has 0 aromatic heterocycles. The second kappa shape index (κ2) is 8.01. The first-order chi connectivity index (χ1) is 11.7. The summed E-state index contributed by atoms with van der Waals surface area (Å²) in [6.07, 6.45) is -10.7. The van der Waals surface area contributed by atoms with Crippen LogP contribution in [0.1, 0.15) is 43.0 Å². The molecule has 4 nitrogen and oxygen atoms in total. The van der Waals surface area contributed by atoms with Crippen LogP contribution >= 0.6 is 11.8 Å². The van der Waals surface area contributed by atoms with Gasteiger partial charge in [0, 0.05) is 0 Å². The first-order valence-electron chi connectivity index (χ1n) is 7.27. The standard InChI is InChI=1S/C15H16ClF6NO3/c1-3-26-12(24)7-11(23-16)8-4-9(13(2,25)15(20,21)22)6-10(5-8)14(17,18)19/h4-6,11,23,25H,3,7H2,1-2H3/t11-,13?/m0/s1. The Kier molecular flexibility index (Phi) is 6.94. The van der Waals surface area contributed by atoms with Crippen molar-refractivity contribution in [2.75, 3.05) is 6.61 Å². The van der Waals surface area contributed by atoms with Crippen LogP contribution in [-0.2, 0) is 21.3 Å². The first kappa shape index (κ1) is 22.5. The summed E-state index contributed by atoms with van der Waals surface area (Å²) in [7, 11) is 0. The van der Waals surface area contributed by atoms with Crippen molar-refractivity contribution in [3.05, 3.63) is 34.9 Å². The highest BCUT2D eigenvalue weighted by atomic mass is 35.5. The molecule has 0 spiro atoms. The van der Waals surface area contributed by atoms with Gasteiger partial charge in [-0.25, -0.2) is 4.84 Å². The number of rotatable bonds is 6. The van der Waals surface area contributed by atoms with E-state index in [-0.39, 0.29) is 18.2 Å². The summed E-state index contributed by atoms with van der Waals surface area (Å²) in [5, 5.41) is 9.72. The molecular formula is C15H16ClF6NO3. The van der Waals surface area contributed by atoms with Crippen molar-refractivity contribution >= 4 is 17.7 Å². The summed E-state index contributed by atoms with van der Waals surface area (Å²) in [4.78, 5) is 13.6. The zero-order chi connectivity index (χ0) is 20.3. The Bertz CT molecular complexity index is 645. The smallest absolute Gasteiger partial charge is 0.421 e. The van der Waals surface area contributed by atoms with Crippen LogP contribution in [0.15, 0.2) is 18.2 Å². The van der Waals surface area contributed by atoms with Crippen molar-refractivity contribution in [2.45, 2.75) is 44.3 Å². The van der Waals surface area contributed by atoms with E-state index in [0.29, 0.717) is 19.1 Å². The highest BCUT2D eigenvalue weighted by molar-refractivity contribution is 6.13. The molecule has 0 radical (unpaired) electrons. The highest BCUT2D eigenvalue weighted by Gasteiger charge is 2.52. The summed E-state index contributed by atoms with van der Waals surface area (Å²) in [5.41, 5.74) is -6.35. The number of nitrogens with one attached hydrogen (secondary N) is 1. The fourth-order valence-corrected chi connectivity index (χ4v) is 2.27. The van der Waals surface area contributed by atoms with Crippen molar-refractivity contribution in [1.82, 2.24) is 4.84 Å². The van der Waals surface area contributed by atoms with E-state index in [2.05, 4.69) is 4.74 Å². The molecule has 1 rings (SSSR count). The average molecular weight is 408 g/mol. The van der Waals surface area contributed by atoms with Crippen molar-refractivity contribution in [2.24, 2.45) is 0 Å². The molecule has 0 aliphatic heterocycles. The molecule has 0 amide bonds. The van der Waals surface area contributed by atoms with Gasteiger partial charge >= 0.3 is 18.3 Å². The normalized spacial score (nSPS) is 16.1. The minimum atomic E-state index is -5.22. The van der Waals surface area contributed by atoms with Crippen molar-refractivity contribution < 1.29 is 41.0 Å². The van der Waals surface area contributed by atoms with Crippen LogP contribution < -0.4 is 4.84 Å². The molecule has 1 aromatic rings. The van der Waals surface area contributed by atoms with Crippen molar-refractivity contribution in [1.29, 1.82) is 0 Å². The van der Waals surface area contributed by atoms with E-state index in [4.69, 9.17) is 11.8 Å². The number of ether oxygens (including phenoxy) is 1. The third kappa shape index (κ3) is 5.24. The molecule has 0 heterocycles. The molecule has 0 bridgehead atoms. The van der Waals surface area contributed by atoms with Crippen LogP contribution in [0.4, 0.5) is 26.3 Å². The zero-order valence-corrected chi connectivity index (χ0v) is 14.4. The Morgan fingerprint density at radius 1 is 1.19 bits per heavy atom. The minimum absolute atomic E-state index is 0.00443. The van der Waals surface area contributed by atoms with Gasteiger partial charge in [-0.3, -0.25) is 4.79 Å². The van der Waals surface area contributed by atoms with Gasteiger partial charge in [0.1, 0.15) is 0 Å². The average Bonchev–Trinajstić information content (AvgIpc) is 2.50. The van der Waals surface area contributed by atoms with Gasteiger partial charge in [0.2, 0.25) is 0 Å². The van der Waals surface area contributed by atoms with Gasteiger partial charge in [-0.1, -0.05) is 6.07 Å². The first-order valence-corrected chi connectivity index (χ1v) is 7.65. The second-order valence-corrected chi connectivity index (χ2v) is 5.80. The van der Waals surface area contributed by atoms with E-state index in [1.807, 2.05) is 4.84 Å². The number of benzene rings is 1. The van der Waals surface area contributed by atoms with Crippen molar-refractivity contribution in [3.63, 3.8) is 0 Å². The fourth-order valence-electron chi connectivity index (χ4n) is 2.07. The molecule has 1 aromatic carbocycles. The summed E-state index contributed by atoms with van der Waals surface area (Å²) in [6.45, 7) is 1.84. The van der Waals surface area contributed by atoms with E-state index >= 15 is 0 Å². The maximum atomic E-state index is 13.1. The summed E-state index contributed by atoms with van der Waals surface area (Å²) in [5.74, 6) is -0.813. The van der Waals surface area contributed by atoms with E-state index in [1.165, 1.54) is 6.92 Å². The lowest BCUT2D eigenvalue weighted by atomic mass is 9.89. The van der Waals surface area contributed by atoms with Gasteiger partial charge in [0.25, 0.3) is 0 Å². The predicted octanol–water partition coefficient (Wildman–Crippen LogP) is 4.21. The van der Waals surface area contributed by atoms with Crippen molar-refractivity contribution in [3.8, 4) is 0 Å². The number of halogens is 7. The van der Waals surface area contributed by atoms with Gasteiger partial charge < -0.3 is 9.84 Å². The third-order valence-electron chi connectivity index (χ3n) is 3.61. The predicted molar refractivity (Wildman–Crippen MR) is 80.0 cm³/mol. The topological polar surface area (TPSA) is 58.6 Å². The molecule has 148 valence electrons. The second-order valence-electron chi connectivity index (χ2n) is 5.58. The molecule has 0 saturated heterocycles. The number of hydrogen-bond acceptors (Lipinski definition) is 4. The number of carbonyl (C=O) groups excluding carboxylic acids is 1. The molecule has 2 atom stereocenters. The molecule has 1 unspecified atom stereocenters. The van der Waals surface area contributed by atoms with Gasteiger partial charge in [-0.2, -0.15) is 26.3 Å².